The van der Waals surface area contributed by atoms with Gasteiger partial charge < -0.3 is 10.6 Å². The molecule has 0 radical (unpaired) electrons. The van der Waals surface area contributed by atoms with Gasteiger partial charge in [0.25, 0.3) is 5.69 Å². The maximum Gasteiger partial charge on any atom is 0.271 e. The van der Waals surface area contributed by atoms with Crippen LogP contribution in [0.25, 0.3) is 0 Å². The van der Waals surface area contributed by atoms with Gasteiger partial charge >= 0.3 is 0 Å². The largest absolute Gasteiger partial charge is 0.353 e. The van der Waals surface area contributed by atoms with Gasteiger partial charge in [-0.1, -0.05) is 11.6 Å². The molecule has 9 heteroatoms. The smallest absolute Gasteiger partial charge is 0.271 e. The summed E-state index contributed by atoms with van der Waals surface area (Å²) in [6.45, 7) is 0.237. The minimum atomic E-state index is -0.574. The van der Waals surface area contributed by atoms with Gasteiger partial charge in [0, 0.05) is 18.7 Å². The second-order valence-corrected chi connectivity index (χ2v) is 4.56. The number of halogens is 1. The van der Waals surface area contributed by atoms with E-state index in [9.17, 15) is 19.7 Å². The third kappa shape index (κ3) is 3.22. The lowest BCUT2D eigenvalue weighted by Crippen LogP contribution is -2.56. The summed E-state index contributed by atoms with van der Waals surface area (Å²) in [6.07, 6.45) is 0. The van der Waals surface area contributed by atoms with E-state index in [1.54, 1.807) is 0 Å². The molecule has 0 aromatic heterocycles. The summed E-state index contributed by atoms with van der Waals surface area (Å²) < 4.78 is 0. The number of carbonyl (C=O) groups is 2. The number of nitrogens with zero attached hydrogens (tertiary/aromatic N) is 1. The Morgan fingerprint density at radius 1 is 1.50 bits per heavy atom. The Labute approximate surface area is 118 Å². The average molecular weight is 299 g/mol. The summed E-state index contributed by atoms with van der Waals surface area (Å²) in [4.78, 5) is 32.9. The summed E-state index contributed by atoms with van der Waals surface area (Å²) in [7, 11) is 0. The third-order valence-corrected chi connectivity index (χ3v) is 3.06. The molecular formula is C11H11ClN4O4. The van der Waals surface area contributed by atoms with Crippen molar-refractivity contribution in [2.24, 2.45) is 0 Å². The van der Waals surface area contributed by atoms with Crippen molar-refractivity contribution in [1.29, 1.82) is 0 Å². The van der Waals surface area contributed by atoms with Gasteiger partial charge in [0.15, 0.2) is 0 Å². The number of hydrogen-bond donors (Lipinski definition) is 3. The number of anilines is 1. The van der Waals surface area contributed by atoms with E-state index >= 15 is 0 Å². The Hall–Kier alpha value is -2.19. The molecular weight excluding hydrogens is 288 g/mol. The van der Waals surface area contributed by atoms with E-state index in [-0.39, 0.29) is 41.3 Å². The van der Waals surface area contributed by atoms with Crippen molar-refractivity contribution >= 4 is 34.8 Å². The summed E-state index contributed by atoms with van der Waals surface area (Å²) in [6, 6.07) is 3.20. The van der Waals surface area contributed by atoms with Gasteiger partial charge in [-0.05, 0) is 6.07 Å². The number of non-ortho nitro benzene ring substituents is 1. The molecule has 1 atom stereocenters. The lowest BCUT2D eigenvalue weighted by atomic mass is 10.2. The molecule has 0 saturated carbocycles. The van der Waals surface area contributed by atoms with E-state index in [1.165, 1.54) is 12.1 Å². The summed E-state index contributed by atoms with van der Waals surface area (Å²) in [5.74, 6) is -0.553. The molecule has 1 saturated heterocycles. The highest BCUT2D eigenvalue weighted by Gasteiger charge is 2.24. The summed E-state index contributed by atoms with van der Waals surface area (Å²) >= 11 is 5.87. The zero-order valence-corrected chi connectivity index (χ0v) is 10.9. The first kappa shape index (κ1) is 14.2. The minimum absolute atomic E-state index is 0.0616. The van der Waals surface area contributed by atoms with Crippen molar-refractivity contribution in [3.63, 3.8) is 0 Å². The number of benzene rings is 1. The highest BCUT2D eigenvalue weighted by molar-refractivity contribution is 6.34. The number of hydrogen-bond acceptors (Lipinski definition) is 5. The van der Waals surface area contributed by atoms with E-state index in [2.05, 4.69) is 16.0 Å². The molecule has 1 fully saturated rings. The van der Waals surface area contributed by atoms with Gasteiger partial charge in [-0.2, -0.15) is 0 Å². The number of amides is 2. The zero-order valence-electron chi connectivity index (χ0n) is 10.2. The van der Waals surface area contributed by atoms with Crippen molar-refractivity contribution < 1.29 is 14.5 Å². The number of nitrogens with one attached hydrogen (secondary N) is 3. The Balaban J connectivity index is 2.04. The van der Waals surface area contributed by atoms with E-state index < -0.39 is 11.0 Å². The molecule has 1 aliphatic rings. The van der Waals surface area contributed by atoms with Crippen LogP contribution in [0, 0.1) is 10.1 Å². The molecule has 20 heavy (non-hydrogen) atoms. The fourth-order valence-corrected chi connectivity index (χ4v) is 1.91. The van der Waals surface area contributed by atoms with Gasteiger partial charge in [0.1, 0.15) is 6.04 Å². The Bertz CT molecular complexity index is 568. The third-order valence-electron chi connectivity index (χ3n) is 2.75. The van der Waals surface area contributed by atoms with E-state index in [4.69, 9.17) is 11.6 Å². The molecule has 1 aromatic rings. The second kappa shape index (κ2) is 5.85. The van der Waals surface area contributed by atoms with Crippen molar-refractivity contribution in [3.8, 4) is 0 Å². The normalized spacial score (nSPS) is 18.2. The number of rotatable bonds is 3. The van der Waals surface area contributed by atoms with Crippen molar-refractivity contribution in [2.45, 2.75) is 6.04 Å². The highest BCUT2D eigenvalue weighted by Crippen LogP contribution is 2.26. The van der Waals surface area contributed by atoms with Crippen LogP contribution in [0.1, 0.15) is 0 Å². The van der Waals surface area contributed by atoms with Crippen molar-refractivity contribution in [3.05, 3.63) is 33.3 Å². The Morgan fingerprint density at radius 2 is 2.25 bits per heavy atom. The topological polar surface area (TPSA) is 113 Å². The number of nitro groups is 1. The van der Waals surface area contributed by atoms with Gasteiger partial charge in [0.2, 0.25) is 11.8 Å². The van der Waals surface area contributed by atoms with Crippen LogP contribution in [0.15, 0.2) is 18.2 Å². The molecule has 8 nitrogen and oxygen atoms in total. The van der Waals surface area contributed by atoms with Crippen molar-refractivity contribution in [1.82, 2.24) is 10.6 Å². The first-order valence-corrected chi connectivity index (χ1v) is 6.10. The SMILES string of the molecule is O=C1CNC(C(=O)Nc2ccc([N+](=O)[O-])cc2Cl)CN1. The van der Waals surface area contributed by atoms with Gasteiger partial charge in [-0.25, -0.2) is 0 Å². The number of carbonyl (C=O) groups excluding carboxylic acids is 2. The van der Waals surface area contributed by atoms with Crippen LogP contribution >= 0.6 is 11.6 Å². The summed E-state index contributed by atoms with van der Waals surface area (Å²) in [5, 5.41) is 18.5. The molecule has 0 bridgehead atoms. The monoisotopic (exact) mass is 298 g/mol. The second-order valence-electron chi connectivity index (χ2n) is 4.15. The molecule has 1 unspecified atom stereocenters. The number of piperazine rings is 1. The van der Waals surface area contributed by atoms with E-state index in [0.29, 0.717) is 0 Å². The molecule has 1 aromatic carbocycles. The van der Waals surface area contributed by atoms with Gasteiger partial charge in [0.05, 0.1) is 22.2 Å². The molecule has 106 valence electrons. The van der Waals surface area contributed by atoms with Crippen LogP contribution in [0.2, 0.25) is 5.02 Å². The van der Waals surface area contributed by atoms with E-state index in [1.807, 2.05) is 0 Å². The standard InChI is InChI=1S/C11H11ClN4O4/c12-7-3-6(16(19)20)1-2-8(7)15-11(18)9-4-14-10(17)5-13-9/h1-3,9,13H,4-5H2,(H,14,17)(H,15,18). The molecule has 0 aliphatic carbocycles. The van der Waals surface area contributed by atoms with Crippen LogP contribution in [0.5, 0.6) is 0 Å². The predicted molar refractivity (Wildman–Crippen MR) is 71.5 cm³/mol. The van der Waals surface area contributed by atoms with Crippen LogP contribution in [-0.2, 0) is 9.59 Å². The minimum Gasteiger partial charge on any atom is -0.353 e. The van der Waals surface area contributed by atoms with Crippen LogP contribution < -0.4 is 16.0 Å². The van der Waals surface area contributed by atoms with Crippen LogP contribution in [0.3, 0.4) is 0 Å². The fraction of sp³-hybridized carbons (Fsp3) is 0.273. The molecule has 1 aliphatic heterocycles. The van der Waals surface area contributed by atoms with Crippen LogP contribution in [0.4, 0.5) is 11.4 Å². The molecule has 2 amide bonds. The highest BCUT2D eigenvalue weighted by atomic mass is 35.5. The fourth-order valence-electron chi connectivity index (χ4n) is 1.69. The molecule has 1 heterocycles. The van der Waals surface area contributed by atoms with Crippen molar-refractivity contribution in [2.75, 3.05) is 18.4 Å². The lowest BCUT2D eigenvalue weighted by Gasteiger charge is -2.23. The maximum absolute atomic E-state index is 11.9. The molecule has 2 rings (SSSR count). The van der Waals surface area contributed by atoms with E-state index in [0.717, 1.165) is 6.07 Å². The Morgan fingerprint density at radius 3 is 2.80 bits per heavy atom. The predicted octanol–water partition coefficient (Wildman–Crippen LogP) is 0.275. The van der Waals surface area contributed by atoms with Gasteiger partial charge in [-0.3, -0.25) is 25.0 Å². The average Bonchev–Trinajstić information content (AvgIpc) is 2.41. The Kier molecular flexibility index (Phi) is 4.16. The number of nitro benzene ring substituents is 1. The lowest BCUT2D eigenvalue weighted by molar-refractivity contribution is -0.384. The summed E-state index contributed by atoms with van der Waals surface area (Å²) in [5.41, 5.74) is 0.122. The molecule has 0 spiro atoms. The quantitative estimate of drug-likeness (QED) is 0.548. The molecule has 3 N–H and O–H groups in total. The zero-order chi connectivity index (χ0) is 14.7. The maximum atomic E-state index is 11.9. The van der Waals surface area contributed by atoms with Gasteiger partial charge in [-0.15, -0.1) is 0 Å². The van der Waals surface area contributed by atoms with Crippen LogP contribution in [-0.4, -0.2) is 35.9 Å². The first-order chi connectivity index (χ1) is 9.47. The first-order valence-electron chi connectivity index (χ1n) is 5.72.